The Morgan fingerprint density at radius 1 is 0.625 bits per heavy atom. The molecule has 1 nitrogen and oxygen atoms in total. The Labute approximate surface area is 144 Å². The van der Waals surface area contributed by atoms with E-state index in [9.17, 15) is 4.79 Å². The summed E-state index contributed by atoms with van der Waals surface area (Å²) >= 11 is 0. The molecule has 0 saturated heterocycles. The van der Waals surface area contributed by atoms with Crippen LogP contribution < -0.4 is 0 Å². The lowest BCUT2D eigenvalue weighted by atomic mass is 9.80. The highest BCUT2D eigenvalue weighted by atomic mass is 16.1. The molecule has 0 fully saturated rings. The molecule has 0 bridgehead atoms. The number of Topliss-reactive ketones (excluding diaryl/α,β-unsaturated/α-hetero) is 1. The van der Waals surface area contributed by atoms with E-state index < -0.39 is 0 Å². The van der Waals surface area contributed by atoms with Crippen molar-refractivity contribution in [3.8, 4) is 0 Å². The predicted molar refractivity (Wildman–Crippen MR) is 99.7 cm³/mol. The highest BCUT2D eigenvalue weighted by Crippen LogP contribution is 2.33. The fourth-order valence-corrected chi connectivity index (χ4v) is 3.28. The Balaban J connectivity index is 2.20. The van der Waals surface area contributed by atoms with Gasteiger partial charge in [-0.2, -0.15) is 0 Å². The third-order valence-electron chi connectivity index (χ3n) is 4.67. The van der Waals surface area contributed by atoms with Crippen LogP contribution in [0.25, 0.3) is 0 Å². The van der Waals surface area contributed by atoms with Crippen molar-refractivity contribution in [1.82, 2.24) is 0 Å². The molecule has 0 spiro atoms. The van der Waals surface area contributed by atoms with E-state index in [1.54, 1.807) is 0 Å². The quantitative estimate of drug-likeness (QED) is 0.571. The van der Waals surface area contributed by atoms with Gasteiger partial charge in [-0.1, -0.05) is 72.8 Å². The van der Waals surface area contributed by atoms with Gasteiger partial charge in [-0.3, -0.25) is 4.79 Å². The van der Waals surface area contributed by atoms with E-state index >= 15 is 0 Å². The Hall–Kier alpha value is -2.67. The van der Waals surface area contributed by atoms with Crippen molar-refractivity contribution >= 4 is 5.78 Å². The van der Waals surface area contributed by atoms with Crippen molar-refractivity contribution in [2.75, 3.05) is 0 Å². The van der Waals surface area contributed by atoms with Gasteiger partial charge in [0.05, 0.1) is 5.92 Å². The molecule has 120 valence electrons. The molecule has 0 radical (unpaired) electrons. The van der Waals surface area contributed by atoms with Crippen molar-refractivity contribution in [3.63, 3.8) is 0 Å². The van der Waals surface area contributed by atoms with Crippen LogP contribution in [0.4, 0.5) is 0 Å². The molecule has 0 amide bonds. The fraction of sp³-hybridized carbons (Fsp3) is 0.174. The summed E-state index contributed by atoms with van der Waals surface area (Å²) in [7, 11) is 0. The van der Waals surface area contributed by atoms with Gasteiger partial charge in [0.25, 0.3) is 0 Å². The van der Waals surface area contributed by atoms with E-state index in [-0.39, 0.29) is 11.7 Å². The van der Waals surface area contributed by atoms with Crippen molar-refractivity contribution in [2.45, 2.75) is 26.7 Å². The molecule has 3 aromatic rings. The summed E-state index contributed by atoms with van der Waals surface area (Å²) in [6, 6.07) is 24.2. The second-order valence-electron chi connectivity index (χ2n) is 6.33. The highest BCUT2D eigenvalue weighted by molar-refractivity contribution is 6.04. The molecule has 24 heavy (non-hydrogen) atoms. The number of hydrogen-bond donors (Lipinski definition) is 0. The average molecular weight is 314 g/mol. The zero-order valence-electron chi connectivity index (χ0n) is 14.4. The second kappa shape index (κ2) is 6.84. The van der Waals surface area contributed by atoms with Gasteiger partial charge in [-0.05, 0) is 48.6 Å². The molecule has 0 saturated carbocycles. The van der Waals surface area contributed by atoms with Gasteiger partial charge in [-0.15, -0.1) is 0 Å². The molecule has 0 atom stereocenters. The number of benzene rings is 3. The fourth-order valence-electron chi connectivity index (χ4n) is 3.28. The SMILES string of the molecule is Cc1ccccc1C(=O)C(c1ccccc1C)c1ccccc1C. The monoisotopic (exact) mass is 314 g/mol. The van der Waals surface area contributed by atoms with Crippen LogP contribution in [0.3, 0.4) is 0 Å². The number of ketones is 1. The molecule has 0 N–H and O–H groups in total. The lowest BCUT2D eigenvalue weighted by Gasteiger charge is -2.21. The molecular weight excluding hydrogens is 292 g/mol. The van der Waals surface area contributed by atoms with Gasteiger partial charge in [0.15, 0.2) is 5.78 Å². The van der Waals surface area contributed by atoms with Crippen LogP contribution in [0.1, 0.15) is 44.1 Å². The molecule has 0 aliphatic rings. The van der Waals surface area contributed by atoms with Gasteiger partial charge in [-0.25, -0.2) is 0 Å². The van der Waals surface area contributed by atoms with Crippen LogP contribution in [0.15, 0.2) is 72.8 Å². The van der Waals surface area contributed by atoms with E-state index in [1.165, 1.54) is 0 Å². The van der Waals surface area contributed by atoms with Gasteiger partial charge >= 0.3 is 0 Å². The third-order valence-corrected chi connectivity index (χ3v) is 4.67. The molecule has 0 unspecified atom stereocenters. The largest absolute Gasteiger partial charge is 0.293 e. The van der Waals surface area contributed by atoms with Crippen LogP contribution >= 0.6 is 0 Å². The van der Waals surface area contributed by atoms with E-state index in [4.69, 9.17) is 0 Å². The number of carbonyl (C=O) groups is 1. The molecule has 0 aromatic heterocycles. The van der Waals surface area contributed by atoms with E-state index in [0.717, 1.165) is 33.4 Å². The van der Waals surface area contributed by atoms with Crippen molar-refractivity contribution in [3.05, 3.63) is 106 Å². The zero-order valence-corrected chi connectivity index (χ0v) is 14.4. The van der Waals surface area contributed by atoms with Crippen molar-refractivity contribution in [2.24, 2.45) is 0 Å². The predicted octanol–water partition coefficient (Wildman–Crippen LogP) is 5.63. The summed E-state index contributed by atoms with van der Waals surface area (Å²) in [5.41, 5.74) is 6.28. The lowest BCUT2D eigenvalue weighted by Crippen LogP contribution is -2.17. The smallest absolute Gasteiger partial charge is 0.174 e. The average Bonchev–Trinajstić information content (AvgIpc) is 2.58. The number of hydrogen-bond acceptors (Lipinski definition) is 1. The number of carbonyl (C=O) groups excluding carboxylic acids is 1. The minimum Gasteiger partial charge on any atom is -0.293 e. The minimum atomic E-state index is -0.270. The Morgan fingerprint density at radius 2 is 1.04 bits per heavy atom. The highest BCUT2D eigenvalue weighted by Gasteiger charge is 2.27. The van der Waals surface area contributed by atoms with Crippen LogP contribution in [0.2, 0.25) is 0 Å². The van der Waals surface area contributed by atoms with Gasteiger partial charge in [0.2, 0.25) is 0 Å². The van der Waals surface area contributed by atoms with Crippen LogP contribution in [-0.4, -0.2) is 5.78 Å². The van der Waals surface area contributed by atoms with E-state index in [1.807, 2.05) is 55.5 Å². The summed E-state index contributed by atoms with van der Waals surface area (Å²) in [5.74, 6) is -0.106. The van der Waals surface area contributed by atoms with Crippen molar-refractivity contribution < 1.29 is 4.79 Å². The Morgan fingerprint density at radius 3 is 1.50 bits per heavy atom. The maximum Gasteiger partial charge on any atom is 0.174 e. The summed E-state index contributed by atoms with van der Waals surface area (Å²) in [6.45, 7) is 6.15. The van der Waals surface area contributed by atoms with E-state index in [0.29, 0.717) is 0 Å². The topological polar surface area (TPSA) is 17.1 Å². The molecule has 0 aliphatic heterocycles. The first-order chi connectivity index (χ1) is 11.6. The van der Waals surface area contributed by atoms with Crippen LogP contribution in [0.5, 0.6) is 0 Å². The van der Waals surface area contributed by atoms with Gasteiger partial charge in [0.1, 0.15) is 0 Å². The lowest BCUT2D eigenvalue weighted by molar-refractivity contribution is 0.0972. The summed E-state index contributed by atoms with van der Waals surface area (Å²) in [5, 5.41) is 0. The van der Waals surface area contributed by atoms with Crippen LogP contribution in [0, 0.1) is 20.8 Å². The summed E-state index contributed by atoms with van der Waals surface area (Å²) in [6.07, 6.45) is 0. The Kier molecular flexibility index (Phi) is 4.61. The Bertz CT molecular complexity index is 831. The normalized spacial score (nSPS) is 10.8. The zero-order chi connectivity index (χ0) is 17.1. The molecule has 3 rings (SSSR count). The molecular formula is C23H22O. The van der Waals surface area contributed by atoms with Crippen LogP contribution in [-0.2, 0) is 0 Å². The standard InChI is InChI=1S/C23H22O/c1-16-10-4-7-13-19(16)22(20-14-8-5-11-17(20)2)23(24)21-15-9-6-12-18(21)3/h4-15,22H,1-3H3. The molecule has 0 aliphatic carbocycles. The first kappa shape index (κ1) is 16.2. The molecule has 3 aromatic carbocycles. The number of rotatable bonds is 4. The minimum absolute atomic E-state index is 0.164. The summed E-state index contributed by atoms with van der Waals surface area (Å²) < 4.78 is 0. The first-order valence-corrected chi connectivity index (χ1v) is 8.30. The molecule has 0 heterocycles. The molecule has 1 heteroatoms. The maximum atomic E-state index is 13.5. The van der Waals surface area contributed by atoms with E-state index in [2.05, 4.69) is 38.1 Å². The number of aryl methyl sites for hydroxylation is 3. The van der Waals surface area contributed by atoms with Gasteiger partial charge in [0, 0.05) is 5.56 Å². The van der Waals surface area contributed by atoms with Gasteiger partial charge < -0.3 is 0 Å². The first-order valence-electron chi connectivity index (χ1n) is 8.30. The third kappa shape index (κ3) is 3.03. The summed E-state index contributed by atoms with van der Waals surface area (Å²) in [4.78, 5) is 13.5. The maximum absolute atomic E-state index is 13.5. The second-order valence-corrected chi connectivity index (χ2v) is 6.33. The van der Waals surface area contributed by atoms with Crippen molar-refractivity contribution in [1.29, 1.82) is 0 Å².